The Morgan fingerprint density at radius 1 is 1.20 bits per heavy atom. The molecular weight excluding hydrogens is 431 g/mol. The summed E-state index contributed by atoms with van der Waals surface area (Å²) in [5.74, 6) is 1.04. The third kappa shape index (κ3) is 5.64. The van der Waals surface area contributed by atoms with Crippen LogP contribution in [0.2, 0.25) is 5.02 Å². The van der Waals surface area contributed by atoms with Crippen LogP contribution in [0.5, 0.6) is 11.5 Å². The number of thioether (sulfide) groups is 1. The molecule has 3 rings (SSSR count). The van der Waals surface area contributed by atoms with E-state index >= 15 is 0 Å². The summed E-state index contributed by atoms with van der Waals surface area (Å²) in [6, 6.07) is 11.2. The van der Waals surface area contributed by atoms with Crippen molar-refractivity contribution in [1.82, 2.24) is 14.8 Å². The number of anilines is 1. The molecular formula is C20H20ClFN4O3S. The minimum Gasteiger partial charge on any atom is -0.492 e. The van der Waals surface area contributed by atoms with E-state index in [2.05, 4.69) is 15.5 Å². The SMILES string of the molecule is CCOc1ccccc1NC(=O)CSc1nnc(COc2ccc(F)cc2Cl)n1C. The zero-order valence-electron chi connectivity index (χ0n) is 16.4. The van der Waals surface area contributed by atoms with Crippen LogP contribution in [0.15, 0.2) is 47.6 Å². The average Bonchev–Trinajstić information content (AvgIpc) is 3.07. The first-order valence-electron chi connectivity index (χ1n) is 9.08. The predicted molar refractivity (Wildman–Crippen MR) is 114 cm³/mol. The van der Waals surface area contributed by atoms with Crippen molar-refractivity contribution < 1.29 is 18.7 Å². The minimum absolute atomic E-state index is 0.101. The monoisotopic (exact) mass is 450 g/mol. The summed E-state index contributed by atoms with van der Waals surface area (Å²) in [4.78, 5) is 12.3. The highest BCUT2D eigenvalue weighted by molar-refractivity contribution is 7.99. The number of carbonyl (C=O) groups excluding carboxylic acids is 1. The van der Waals surface area contributed by atoms with Gasteiger partial charge in [0, 0.05) is 7.05 Å². The molecule has 0 aliphatic heterocycles. The van der Waals surface area contributed by atoms with Gasteiger partial charge in [0.25, 0.3) is 0 Å². The molecule has 10 heteroatoms. The van der Waals surface area contributed by atoms with E-state index in [1.54, 1.807) is 23.7 Å². The van der Waals surface area contributed by atoms with Crippen LogP contribution >= 0.6 is 23.4 Å². The van der Waals surface area contributed by atoms with Crippen LogP contribution in [0.25, 0.3) is 0 Å². The van der Waals surface area contributed by atoms with E-state index in [1.165, 1.54) is 30.0 Å². The van der Waals surface area contributed by atoms with Crippen molar-refractivity contribution in [2.45, 2.75) is 18.7 Å². The van der Waals surface area contributed by atoms with Gasteiger partial charge in [0.2, 0.25) is 5.91 Å². The number of para-hydroxylation sites is 2. The maximum absolute atomic E-state index is 13.1. The number of halogens is 2. The molecule has 0 radical (unpaired) electrons. The normalized spacial score (nSPS) is 10.7. The Hall–Kier alpha value is -2.78. The summed E-state index contributed by atoms with van der Waals surface area (Å²) in [5, 5.41) is 11.7. The third-order valence-electron chi connectivity index (χ3n) is 3.97. The van der Waals surface area contributed by atoms with E-state index < -0.39 is 5.82 Å². The number of nitrogens with zero attached hydrogens (tertiary/aromatic N) is 3. The Morgan fingerprint density at radius 3 is 2.77 bits per heavy atom. The maximum atomic E-state index is 13.1. The topological polar surface area (TPSA) is 78.3 Å². The number of aromatic nitrogens is 3. The second-order valence-corrected chi connectivity index (χ2v) is 7.44. The Kier molecular flexibility index (Phi) is 7.53. The second-order valence-electron chi connectivity index (χ2n) is 6.09. The van der Waals surface area contributed by atoms with Crippen molar-refractivity contribution in [2.75, 3.05) is 17.7 Å². The zero-order chi connectivity index (χ0) is 21.5. The number of hydrogen-bond acceptors (Lipinski definition) is 6. The minimum atomic E-state index is -0.438. The van der Waals surface area contributed by atoms with Crippen molar-refractivity contribution in [3.05, 3.63) is 59.1 Å². The predicted octanol–water partition coefficient (Wildman–Crippen LogP) is 4.32. The lowest BCUT2D eigenvalue weighted by Gasteiger charge is -2.11. The molecule has 0 atom stereocenters. The van der Waals surface area contributed by atoms with Crippen molar-refractivity contribution in [3.8, 4) is 11.5 Å². The molecule has 158 valence electrons. The molecule has 30 heavy (non-hydrogen) atoms. The lowest BCUT2D eigenvalue weighted by Crippen LogP contribution is -2.15. The number of hydrogen-bond donors (Lipinski definition) is 1. The first-order valence-corrected chi connectivity index (χ1v) is 10.4. The van der Waals surface area contributed by atoms with Gasteiger partial charge in [0.15, 0.2) is 11.0 Å². The second kappa shape index (κ2) is 10.3. The molecule has 1 N–H and O–H groups in total. The van der Waals surface area contributed by atoms with Crippen molar-refractivity contribution in [2.24, 2.45) is 7.05 Å². The van der Waals surface area contributed by atoms with Crippen LogP contribution in [0.1, 0.15) is 12.7 Å². The summed E-state index contributed by atoms with van der Waals surface area (Å²) >= 11 is 7.20. The molecule has 0 aliphatic carbocycles. The van der Waals surface area contributed by atoms with Gasteiger partial charge in [-0.15, -0.1) is 10.2 Å². The highest BCUT2D eigenvalue weighted by atomic mass is 35.5. The molecule has 7 nitrogen and oxygen atoms in total. The Balaban J connectivity index is 1.55. The Morgan fingerprint density at radius 2 is 2.00 bits per heavy atom. The van der Waals surface area contributed by atoms with Crippen LogP contribution in [-0.4, -0.2) is 33.0 Å². The molecule has 1 amide bonds. The van der Waals surface area contributed by atoms with Gasteiger partial charge in [0.05, 0.1) is 23.1 Å². The molecule has 0 bridgehead atoms. The van der Waals surface area contributed by atoms with Gasteiger partial charge in [-0.25, -0.2) is 4.39 Å². The number of ether oxygens (including phenoxy) is 2. The van der Waals surface area contributed by atoms with E-state index in [4.69, 9.17) is 21.1 Å². The molecule has 1 aromatic heterocycles. The lowest BCUT2D eigenvalue weighted by molar-refractivity contribution is -0.113. The van der Waals surface area contributed by atoms with E-state index in [-0.39, 0.29) is 23.3 Å². The van der Waals surface area contributed by atoms with E-state index in [9.17, 15) is 9.18 Å². The third-order valence-corrected chi connectivity index (χ3v) is 5.28. The number of rotatable bonds is 9. The Bertz CT molecular complexity index is 1030. The number of amides is 1. The van der Waals surface area contributed by atoms with Crippen LogP contribution in [-0.2, 0) is 18.4 Å². The fraction of sp³-hybridized carbons (Fsp3) is 0.250. The number of nitrogens with one attached hydrogen (secondary N) is 1. The van der Waals surface area contributed by atoms with E-state index in [1.807, 2.05) is 19.1 Å². The number of carbonyl (C=O) groups is 1. The van der Waals surface area contributed by atoms with Gasteiger partial charge in [-0.2, -0.15) is 0 Å². The highest BCUT2D eigenvalue weighted by Crippen LogP contribution is 2.26. The first-order chi connectivity index (χ1) is 14.5. The van der Waals surface area contributed by atoms with Gasteiger partial charge in [0.1, 0.15) is 23.9 Å². The van der Waals surface area contributed by atoms with Crippen LogP contribution in [0, 0.1) is 5.82 Å². The summed E-state index contributed by atoms with van der Waals surface area (Å²) in [6.45, 7) is 2.49. The quantitative estimate of drug-likeness (QED) is 0.489. The lowest BCUT2D eigenvalue weighted by atomic mass is 10.3. The van der Waals surface area contributed by atoms with Crippen molar-refractivity contribution >= 4 is 35.0 Å². The fourth-order valence-corrected chi connectivity index (χ4v) is 3.45. The van der Waals surface area contributed by atoms with Gasteiger partial charge in [-0.05, 0) is 37.3 Å². The maximum Gasteiger partial charge on any atom is 0.234 e. The molecule has 0 saturated heterocycles. The molecule has 0 saturated carbocycles. The molecule has 0 aliphatic rings. The zero-order valence-corrected chi connectivity index (χ0v) is 18.0. The molecule has 0 spiro atoms. The molecule has 1 heterocycles. The largest absolute Gasteiger partial charge is 0.492 e. The summed E-state index contributed by atoms with van der Waals surface area (Å²) < 4.78 is 25.9. The van der Waals surface area contributed by atoms with Gasteiger partial charge >= 0.3 is 0 Å². The molecule has 0 unspecified atom stereocenters. The smallest absolute Gasteiger partial charge is 0.234 e. The fourth-order valence-electron chi connectivity index (χ4n) is 2.50. The van der Waals surface area contributed by atoms with Gasteiger partial charge in [-0.1, -0.05) is 35.5 Å². The van der Waals surface area contributed by atoms with Crippen molar-refractivity contribution in [1.29, 1.82) is 0 Å². The van der Waals surface area contributed by atoms with Crippen LogP contribution in [0.3, 0.4) is 0 Å². The number of benzene rings is 2. The summed E-state index contributed by atoms with van der Waals surface area (Å²) in [6.07, 6.45) is 0. The molecule has 3 aromatic rings. The van der Waals surface area contributed by atoms with E-state index in [0.29, 0.717) is 34.8 Å². The standard InChI is InChI=1S/C20H20ClFN4O3S/c1-3-28-17-7-5-4-6-15(17)23-19(27)12-30-20-25-24-18(26(20)2)11-29-16-9-8-13(22)10-14(16)21/h4-10H,3,11-12H2,1-2H3,(H,23,27). The summed E-state index contributed by atoms with van der Waals surface area (Å²) in [7, 11) is 1.77. The van der Waals surface area contributed by atoms with Crippen LogP contribution < -0.4 is 14.8 Å². The van der Waals surface area contributed by atoms with Gasteiger partial charge in [-0.3, -0.25) is 4.79 Å². The van der Waals surface area contributed by atoms with E-state index in [0.717, 1.165) is 0 Å². The van der Waals surface area contributed by atoms with Crippen LogP contribution in [0.4, 0.5) is 10.1 Å². The first kappa shape index (κ1) is 21.9. The average molecular weight is 451 g/mol. The molecule has 2 aromatic carbocycles. The van der Waals surface area contributed by atoms with Gasteiger partial charge < -0.3 is 19.4 Å². The van der Waals surface area contributed by atoms with Crippen molar-refractivity contribution in [3.63, 3.8) is 0 Å². The summed E-state index contributed by atoms with van der Waals surface area (Å²) in [5.41, 5.74) is 0.619. The highest BCUT2D eigenvalue weighted by Gasteiger charge is 2.14. The Labute approximate surface area is 182 Å². The molecule has 0 fully saturated rings.